The minimum Gasteiger partial charge on any atom is -0.383 e. The molecular weight excluding hydrogens is 316 g/mol. The van der Waals surface area contributed by atoms with Crippen molar-refractivity contribution in [3.63, 3.8) is 0 Å². The van der Waals surface area contributed by atoms with Gasteiger partial charge in [-0.15, -0.1) is 0 Å². The summed E-state index contributed by atoms with van der Waals surface area (Å²) in [5.74, 6) is 0.620. The second-order valence-corrected chi connectivity index (χ2v) is 6.64. The zero-order chi connectivity index (χ0) is 15.1. The molecule has 0 radical (unpaired) electrons. The lowest BCUT2D eigenvalue weighted by Crippen LogP contribution is -2.31. The Bertz CT molecular complexity index is 407. The van der Waals surface area contributed by atoms with E-state index in [9.17, 15) is 0 Å². The van der Waals surface area contributed by atoms with Gasteiger partial charge in [0, 0.05) is 36.4 Å². The smallest absolute Gasteiger partial charge is 0.0637 e. The second-order valence-electron chi connectivity index (χ2n) is 5.79. The highest BCUT2D eigenvalue weighted by molar-refractivity contribution is 9.10. The molecule has 0 saturated carbocycles. The third-order valence-corrected chi connectivity index (χ3v) is 3.83. The lowest BCUT2D eigenvalue weighted by Gasteiger charge is -2.27. The predicted octanol–water partition coefficient (Wildman–Crippen LogP) is 3.45. The molecule has 2 N–H and O–H groups in total. The Kier molecular flexibility index (Phi) is 7.56. The van der Waals surface area contributed by atoms with Crippen LogP contribution in [0.25, 0.3) is 0 Å². The summed E-state index contributed by atoms with van der Waals surface area (Å²) in [5, 5.41) is 0. The maximum absolute atomic E-state index is 5.88. The molecule has 0 aliphatic carbocycles. The number of ether oxygens (including phenoxy) is 1. The average molecular weight is 343 g/mol. The van der Waals surface area contributed by atoms with Crippen LogP contribution in [0.2, 0.25) is 0 Å². The van der Waals surface area contributed by atoms with Crippen LogP contribution in [-0.2, 0) is 11.2 Å². The number of nitrogens with two attached hydrogens (primary N) is 1. The lowest BCUT2D eigenvalue weighted by atomic mass is 10.1. The van der Waals surface area contributed by atoms with E-state index in [4.69, 9.17) is 10.5 Å². The van der Waals surface area contributed by atoms with E-state index in [2.05, 4.69) is 52.9 Å². The number of nitrogens with zero attached hydrogens (tertiary/aromatic N) is 1. The van der Waals surface area contributed by atoms with Crippen molar-refractivity contribution in [3.05, 3.63) is 28.2 Å². The van der Waals surface area contributed by atoms with Gasteiger partial charge in [-0.2, -0.15) is 0 Å². The molecular formula is C16H27BrN2O. The van der Waals surface area contributed by atoms with Gasteiger partial charge in [-0.1, -0.05) is 35.8 Å². The highest BCUT2D eigenvalue weighted by Gasteiger charge is 2.11. The molecule has 0 fully saturated rings. The van der Waals surface area contributed by atoms with Gasteiger partial charge in [-0.05, 0) is 37.0 Å². The highest BCUT2D eigenvalue weighted by atomic mass is 79.9. The first-order chi connectivity index (χ1) is 9.43. The number of benzene rings is 1. The van der Waals surface area contributed by atoms with Crippen molar-refractivity contribution >= 4 is 21.6 Å². The molecule has 4 heteroatoms. The van der Waals surface area contributed by atoms with Gasteiger partial charge in [0.05, 0.1) is 6.61 Å². The van der Waals surface area contributed by atoms with Crippen molar-refractivity contribution in [2.75, 3.05) is 31.7 Å². The Morgan fingerprint density at radius 3 is 2.50 bits per heavy atom. The first kappa shape index (κ1) is 17.5. The van der Waals surface area contributed by atoms with Crippen LogP contribution in [0.4, 0.5) is 5.69 Å². The largest absolute Gasteiger partial charge is 0.383 e. The van der Waals surface area contributed by atoms with Crippen LogP contribution in [0.3, 0.4) is 0 Å². The van der Waals surface area contributed by atoms with Gasteiger partial charge in [0.2, 0.25) is 0 Å². The van der Waals surface area contributed by atoms with E-state index in [-0.39, 0.29) is 6.04 Å². The molecule has 0 aliphatic heterocycles. The molecule has 0 spiro atoms. The fourth-order valence-corrected chi connectivity index (χ4v) is 2.74. The Morgan fingerprint density at radius 1 is 1.30 bits per heavy atom. The molecule has 0 aromatic heterocycles. The summed E-state index contributed by atoms with van der Waals surface area (Å²) in [7, 11) is 1.75. The van der Waals surface area contributed by atoms with Crippen LogP contribution in [0.5, 0.6) is 0 Å². The van der Waals surface area contributed by atoms with Crippen LogP contribution >= 0.6 is 15.9 Å². The van der Waals surface area contributed by atoms with E-state index in [1.165, 1.54) is 11.3 Å². The summed E-state index contributed by atoms with van der Waals surface area (Å²) in [6.07, 6.45) is 0.892. The first-order valence-electron chi connectivity index (χ1n) is 7.22. The molecule has 0 heterocycles. The third-order valence-electron chi connectivity index (χ3n) is 3.09. The van der Waals surface area contributed by atoms with Crippen molar-refractivity contribution in [2.45, 2.75) is 33.2 Å². The Balaban J connectivity index is 2.87. The van der Waals surface area contributed by atoms with E-state index >= 15 is 0 Å². The molecule has 0 saturated heterocycles. The molecule has 0 aliphatic rings. The number of anilines is 1. The van der Waals surface area contributed by atoms with E-state index in [0.29, 0.717) is 5.92 Å². The first-order valence-corrected chi connectivity index (χ1v) is 8.01. The Labute approximate surface area is 131 Å². The topological polar surface area (TPSA) is 38.5 Å². The minimum absolute atomic E-state index is 0.178. The van der Waals surface area contributed by atoms with Gasteiger partial charge >= 0.3 is 0 Å². The molecule has 1 rings (SSSR count). The van der Waals surface area contributed by atoms with Gasteiger partial charge in [-0.3, -0.25) is 0 Å². The molecule has 1 aromatic carbocycles. The summed E-state index contributed by atoms with van der Waals surface area (Å²) >= 11 is 3.66. The van der Waals surface area contributed by atoms with Crippen molar-refractivity contribution in [2.24, 2.45) is 11.7 Å². The van der Waals surface area contributed by atoms with Crippen LogP contribution in [-0.4, -0.2) is 32.8 Å². The van der Waals surface area contributed by atoms with E-state index in [1.807, 2.05) is 6.92 Å². The number of hydrogen-bond acceptors (Lipinski definition) is 3. The highest BCUT2D eigenvalue weighted by Crippen LogP contribution is 2.25. The predicted molar refractivity (Wildman–Crippen MR) is 90.4 cm³/mol. The average Bonchev–Trinajstić information content (AvgIpc) is 2.36. The van der Waals surface area contributed by atoms with Crippen molar-refractivity contribution in [1.29, 1.82) is 0 Å². The van der Waals surface area contributed by atoms with Crippen LogP contribution in [0, 0.1) is 5.92 Å². The molecule has 1 aromatic rings. The van der Waals surface area contributed by atoms with Gasteiger partial charge in [0.25, 0.3) is 0 Å². The number of methoxy groups -OCH3 is 1. The Hall–Kier alpha value is -0.580. The maximum Gasteiger partial charge on any atom is 0.0637 e. The van der Waals surface area contributed by atoms with Crippen LogP contribution < -0.4 is 10.6 Å². The normalized spacial score (nSPS) is 12.8. The molecule has 3 nitrogen and oxygen atoms in total. The van der Waals surface area contributed by atoms with Crippen LogP contribution in [0.1, 0.15) is 26.3 Å². The standard InChI is InChI=1S/C16H27BrN2O/c1-12(2)11-19(7-8-20-4)15-6-5-14(9-13(3)18)16(17)10-15/h5-6,10,12-13H,7-9,11,18H2,1-4H3. The molecule has 0 bridgehead atoms. The molecule has 1 unspecified atom stereocenters. The van der Waals surface area contributed by atoms with Crippen molar-refractivity contribution in [1.82, 2.24) is 0 Å². The van der Waals surface area contributed by atoms with E-state index in [0.717, 1.165) is 30.6 Å². The number of rotatable bonds is 8. The zero-order valence-electron chi connectivity index (χ0n) is 13.0. The summed E-state index contributed by atoms with van der Waals surface area (Å²) in [4.78, 5) is 2.37. The Morgan fingerprint density at radius 2 is 2.00 bits per heavy atom. The second kappa shape index (κ2) is 8.65. The van der Waals surface area contributed by atoms with E-state index < -0.39 is 0 Å². The van der Waals surface area contributed by atoms with E-state index in [1.54, 1.807) is 7.11 Å². The number of hydrogen-bond donors (Lipinski definition) is 1. The van der Waals surface area contributed by atoms with Crippen molar-refractivity contribution < 1.29 is 4.74 Å². The fraction of sp³-hybridized carbons (Fsp3) is 0.625. The van der Waals surface area contributed by atoms with Gasteiger partial charge < -0.3 is 15.4 Å². The molecule has 114 valence electrons. The van der Waals surface area contributed by atoms with Crippen molar-refractivity contribution in [3.8, 4) is 0 Å². The fourth-order valence-electron chi connectivity index (χ4n) is 2.21. The SMILES string of the molecule is COCCN(CC(C)C)c1ccc(CC(C)N)c(Br)c1. The maximum atomic E-state index is 5.88. The molecule has 1 atom stereocenters. The van der Waals surface area contributed by atoms with Gasteiger partial charge in [0.1, 0.15) is 0 Å². The number of halogens is 1. The third kappa shape index (κ3) is 5.81. The molecule has 0 amide bonds. The summed E-state index contributed by atoms with van der Waals surface area (Å²) in [6, 6.07) is 6.72. The molecule has 20 heavy (non-hydrogen) atoms. The monoisotopic (exact) mass is 342 g/mol. The van der Waals surface area contributed by atoms with Crippen LogP contribution in [0.15, 0.2) is 22.7 Å². The summed E-state index contributed by atoms with van der Waals surface area (Å²) < 4.78 is 6.35. The van der Waals surface area contributed by atoms with Gasteiger partial charge in [-0.25, -0.2) is 0 Å². The quantitative estimate of drug-likeness (QED) is 0.786. The summed E-state index contributed by atoms with van der Waals surface area (Å²) in [5.41, 5.74) is 8.37. The minimum atomic E-state index is 0.178. The van der Waals surface area contributed by atoms with Gasteiger partial charge in [0.15, 0.2) is 0 Å². The summed E-state index contributed by atoms with van der Waals surface area (Å²) in [6.45, 7) is 9.19. The lowest BCUT2D eigenvalue weighted by molar-refractivity contribution is 0.204. The zero-order valence-corrected chi connectivity index (χ0v) is 14.6.